The molecule has 2 atom stereocenters. The number of esters is 1. The van der Waals surface area contributed by atoms with Gasteiger partial charge in [0.25, 0.3) is 0 Å². The second-order valence-electron chi connectivity index (χ2n) is 6.84. The van der Waals surface area contributed by atoms with Crippen LogP contribution in [0.2, 0.25) is 0 Å². The molecule has 0 saturated heterocycles. The van der Waals surface area contributed by atoms with Crippen LogP contribution in [-0.2, 0) is 15.1 Å². The first kappa shape index (κ1) is 16.1. The summed E-state index contributed by atoms with van der Waals surface area (Å²) in [5.41, 5.74) is 3.94. The lowest BCUT2D eigenvalue weighted by molar-refractivity contribution is -0.150. The molecule has 0 N–H and O–H groups in total. The highest BCUT2D eigenvalue weighted by Gasteiger charge is 2.45. The number of allylic oxidation sites excluding steroid dienone is 2. The van der Waals surface area contributed by atoms with Gasteiger partial charge < -0.3 is 4.74 Å². The zero-order chi connectivity index (χ0) is 16.8. The minimum absolute atomic E-state index is 0.329. The molecule has 23 heavy (non-hydrogen) atoms. The first-order valence-corrected chi connectivity index (χ1v) is 8.20. The van der Waals surface area contributed by atoms with Gasteiger partial charge in [0.1, 0.15) is 0 Å². The molecule has 0 aromatic heterocycles. The summed E-state index contributed by atoms with van der Waals surface area (Å²) in [5.74, 6) is -0.373. The summed E-state index contributed by atoms with van der Waals surface area (Å²) < 4.78 is 5.89. The van der Waals surface area contributed by atoms with Crippen LogP contribution in [0.4, 0.5) is 0 Å². The molecule has 0 radical (unpaired) electrons. The number of hydrogen-bond acceptors (Lipinski definition) is 2. The Labute approximate surface area is 142 Å². The largest absolute Gasteiger partial charge is 0.446 e. The molecule has 0 saturated carbocycles. The van der Waals surface area contributed by atoms with E-state index in [4.69, 9.17) is 16.3 Å². The number of carbonyl (C=O) groups is 1. The quantitative estimate of drug-likeness (QED) is 0.427. The van der Waals surface area contributed by atoms with E-state index >= 15 is 0 Å². The molecule has 2 unspecified atom stereocenters. The molecular weight excluding hydrogens is 308 g/mol. The number of rotatable bonds is 2. The molecule has 3 rings (SSSR count). The van der Waals surface area contributed by atoms with Gasteiger partial charge in [0.15, 0.2) is 5.60 Å². The number of benzene rings is 1. The normalized spacial score (nSPS) is 28.9. The molecular formula is C20H21ClO2. The van der Waals surface area contributed by atoms with E-state index in [9.17, 15) is 4.79 Å². The lowest BCUT2D eigenvalue weighted by Crippen LogP contribution is -2.29. The molecule has 0 heterocycles. The molecule has 2 aliphatic carbocycles. The van der Waals surface area contributed by atoms with Crippen molar-refractivity contribution in [1.82, 2.24) is 0 Å². The highest BCUT2D eigenvalue weighted by Crippen LogP contribution is 2.52. The predicted molar refractivity (Wildman–Crippen MR) is 94.3 cm³/mol. The molecule has 1 aromatic rings. The third kappa shape index (κ3) is 2.66. The summed E-state index contributed by atoms with van der Waals surface area (Å²) in [5, 5.41) is 0. The van der Waals surface area contributed by atoms with E-state index < -0.39 is 5.60 Å². The molecule has 2 aliphatic rings. The van der Waals surface area contributed by atoms with Gasteiger partial charge in [-0.1, -0.05) is 43.0 Å². The molecule has 0 spiro atoms. The fraction of sp³-hybridized carbons (Fsp3) is 0.350. The first-order valence-electron chi connectivity index (χ1n) is 7.82. The molecule has 0 bridgehead atoms. The molecule has 120 valence electrons. The van der Waals surface area contributed by atoms with Crippen LogP contribution in [-0.4, -0.2) is 10.8 Å². The van der Waals surface area contributed by atoms with Crippen LogP contribution in [0.25, 0.3) is 5.57 Å². The number of fused-ring (bicyclic) bond motifs is 2. The van der Waals surface area contributed by atoms with Crippen molar-refractivity contribution in [3.05, 3.63) is 65.3 Å². The monoisotopic (exact) mass is 328 g/mol. The number of alkyl halides is 1. The van der Waals surface area contributed by atoms with Gasteiger partial charge in [0, 0.05) is 21.6 Å². The van der Waals surface area contributed by atoms with Crippen LogP contribution in [0.3, 0.4) is 0 Å². The van der Waals surface area contributed by atoms with Crippen LogP contribution in [0.15, 0.2) is 54.1 Å². The van der Waals surface area contributed by atoms with Gasteiger partial charge in [-0.2, -0.15) is 0 Å². The zero-order valence-corrected chi connectivity index (χ0v) is 14.5. The maximum absolute atomic E-state index is 12.2. The summed E-state index contributed by atoms with van der Waals surface area (Å²) in [4.78, 5) is 11.9. The van der Waals surface area contributed by atoms with Crippen LogP contribution < -0.4 is 0 Å². The topological polar surface area (TPSA) is 26.3 Å². The van der Waals surface area contributed by atoms with Crippen LogP contribution in [0.1, 0.15) is 44.7 Å². The third-order valence-corrected chi connectivity index (χ3v) is 4.91. The van der Waals surface area contributed by atoms with Gasteiger partial charge in [-0.3, -0.25) is 0 Å². The second kappa shape index (κ2) is 5.38. The maximum Gasteiger partial charge on any atom is 0.334 e. The third-order valence-electron chi connectivity index (χ3n) is 4.62. The lowest BCUT2D eigenvalue weighted by Gasteiger charge is -2.28. The lowest BCUT2D eigenvalue weighted by atomic mass is 9.91. The number of ether oxygens (including phenoxy) is 1. The van der Waals surface area contributed by atoms with Gasteiger partial charge in [0.2, 0.25) is 0 Å². The van der Waals surface area contributed by atoms with E-state index in [1.165, 1.54) is 5.57 Å². The Morgan fingerprint density at radius 1 is 1.30 bits per heavy atom. The van der Waals surface area contributed by atoms with Gasteiger partial charge in [0.05, 0.1) is 0 Å². The summed E-state index contributed by atoms with van der Waals surface area (Å²) >= 11 is 6.65. The zero-order valence-electron chi connectivity index (χ0n) is 13.8. The molecule has 0 amide bonds. The Hall–Kier alpha value is -1.80. The molecule has 0 fully saturated rings. The van der Waals surface area contributed by atoms with Crippen LogP contribution in [0, 0.1) is 0 Å². The van der Waals surface area contributed by atoms with E-state index in [1.807, 2.05) is 32.0 Å². The van der Waals surface area contributed by atoms with Crippen molar-refractivity contribution in [2.75, 3.05) is 0 Å². The summed E-state index contributed by atoms with van der Waals surface area (Å²) in [6.45, 7) is 9.37. The van der Waals surface area contributed by atoms with Crippen molar-refractivity contribution >= 4 is 23.1 Å². The maximum atomic E-state index is 12.2. The predicted octanol–water partition coefficient (Wildman–Crippen LogP) is 5.14. The van der Waals surface area contributed by atoms with Gasteiger partial charge in [-0.25, -0.2) is 4.79 Å². The molecule has 0 aliphatic heterocycles. The van der Waals surface area contributed by atoms with Gasteiger partial charge in [-0.05, 0) is 44.7 Å². The van der Waals surface area contributed by atoms with Crippen LogP contribution in [0.5, 0.6) is 0 Å². The smallest absolute Gasteiger partial charge is 0.334 e. The Balaban J connectivity index is 2.17. The van der Waals surface area contributed by atoms with E-state index in [1.54, 1.807) is 6.92 Å². The SMILES string of the molecule is C=C(C)C(=O)OC1(C)C2=C(CC(C)(Cl)CC=C2)c2ccccc21. The van der Waals surface area contributed by atoms with E-state index in [2.05, 4.69) is 24.8 Å². The van der Waals surface area contributed by atoms with E-state index in [0.717, 1.165) is 29.5 Å². The van der Waals surface area contributed by atoms with E-state index in [-0.39, 0.29) is 10.8 Å². The van der Waals surface area contributed by atoms with Crippen molar-refractivity contribution in [2.45, 2.75) is 44.1 Å². The standard InChI is InChI=1S/C20H21ClO2/c1-13(2)18(22)23-20(4)16-9-6-5-8-14(16)15-12-19(3,21)11-7-10-17(15)20/h5-10H,1,11-12H2,2-4H3. The van der Waals surface area contributed by atoms with Crippen molar-refractivity contribution in [3.8, 4) is 0 Å². The highest BCUT2D eigenvalue weighted by atomic mass is 35.5. The van der Waals surface area contributed by atoms with Crippen molar-refractivity contribution < 1.29 is 9.53 Å². The number of hydrogen-bond donors (Lipinski definition) is 0. The fourth-order valence-corrected chi connectivity index (χ4v) is 3.66. The Bertz CT molecular complexity index is 755. The van der Waals surface area contributed by atoms with Crippen molar-refractivity contribution in [1.29, 1.82) is 0 Å². The minimum Gasteiger partial charge on any atom is -0.446 e. The van der Waals surface area contributed by atoms with Gasteiger partial charge >= 0.3 is 5.97 Å². The average molecular weight is 329 g/mol. The molecule has 1 aromatic carbocycles. The number of halogens is 1. The first-order chi connectivity index (χ1) is 10.7. The van der Waals surface area contributed by atoms with E-state index in [0.29, 0.717) is 5.57 Å². The van der Waals surface area contributed by atoms with Crippen molar-refractivity contribution in [2.24, 2.45) is 0 Å². The molecule has 3 heteroatoms. The average Bonchev–Trinajstić information content (AvgIpc) is 2.60. The fourth-order valence-electron chi connectivity index (χ4n) is 3.44. The Morgan fingerprint density at radius 2 is 2.00 bits per heavy atom. The van der Waals surface area contributed by atoms with Gasteiger partial charge in [-0.15, -0.1) is 11.6 Å². The Morgan fingerprint density at radius 3 is 2.70 bits per heavy atom. The Kier molecular flexibility index (Phi) is 3.76. The number of carbonyl (C=O) groups excluding carboxylic acids is 1. The van der Waals surface area contributed by atoms with Crippen LogP contribution >= 0.6 is 11.6 Å². The summed E-state index contributed by atoms with van der Waals surface area (Å²) in [7, 11) is 0. The summed E-state index contributed by atoms with van der Waals surface area (Å²) in [6, 6.07) is 8.09. The summed E-state index contributed by atoms with van der Waals surface area (Å²) in [6.07, 6.45) is 5.67. The highest BCUT2D eigenvalue weighted by molar-refractivity contribution is 6.24. The second-order valence-corrected chi connectivity index (χ2v) is 7.75. The van der Waals surface area contributed by atoms with Crippen molar-refractivity contribution in [3.63, 3.8) is 0 Å². The molecule has 2 nitrogen and oxygen atoms in total. The minimum atomic E-state index is -0.796.